The summed E-state index contributed by atoms with van der Waals surface area (Å²) in [6, 6.07) is 7.36. The molecule has 0 aliphatic heterocycles. The molecule has 0 fully saturated rings. The van der Waals surface area contributed by atoms with Crippen molar-refractivity contribution < 1.29 is 14.1 Å². The lowest BCUT2D eigenvalue weighted by Crippen LogP contribution is -2.25. The van der Waals surface area contributed by atoms with Crippen LogP contribution in [0.5, 0.6) is 5.75 Å². The van der Waals surface area contributed by atoms with E-state index in [1.807, 2.05) is 18.2 Å². The highest BCUT2D eigenvalue weighted by molar-refractivity contribution is 5.91. The highest BCUT2D eigenvalue weighted by atomic mass is 16.5. The van der Waals surface area contributed by atoms with Gasteiger partial charge in [0.1, 0.15) is 11.6 Å². The first-order valence-corrected chi connectivity index (χ1v) is 8.31. The van der Waals surface area contributed by atoms with Crippen LogP contribution in [0.15, 0.2) is 28.8 Å². The number of hydrogen-bond donors (Lipinski definition) is 2. The van der Waals surface area contributed by atoms with Crippen LogP contribution in [0.3, 0.4) is 0 Å². The zero-order valence-electron chi connectivity index (χ0n) is 14.6. The molecule has 0 unspecified atom stereocenters. The minimum atomic E-state index is -0.264. The summed E-state index contributed by atoms with van der Waals surface area (Å²) in [7, 11) is 1.63. The van der Waals surface area contributed by atoms with E-state index in [9.17, 15) is 4.79 Å². The Kier molecular flexibility index (Phi) is 5.02. The summed E-state index contributed by atoms with van der Waals surface area (Å²) in [5, 5.41) is 6.75. The van der Waals surface area contributed by atoms with Gasteiger partial charge in [-0.15, -0.1) is 0 Å². The van der Waals surface area contributed by atoms with Gasteiger partial charge in [0.25, 0.3) is 5.91 Å². The van der Waals surface area contributed by atoms with Crippen LogP contribution in [-0.2, 0) is 12.8 Å². The maximum atomic E-state index is 12.1. The quantitative estimate of drug-likeness (QED) is 0.689. The van der Waals surface area contributed by atoms with Crippen molar-refractivity contribution in [1.29, 1.82) is 0 Å². The first kappa shape index (κ1) is 17.0. The molecule has 0 aliphatic rings. The van der Waals surface area contributed by atoms with Crippen LogP contribution in [0.4, 0.5) is 0 Å². The first-order valence-electron chi connectivity index (χ1n) is 8.31. The van der Waals surface area contributed by atoms with E-state index in [0.717, 1.165) is 34.7 Å². The van der Waals surface area contributed by atoms with Gasteiger partial charge < -0.3 is 19.6 Å². The van der Waals surface area contributed by atoms with E-state index in [2.05, 4.69) is 34.3 Å². The maximum Gasteiger partial charge on any atom is 0.289 e. The Hall–Kier alpha value is -2.83. The van der Waals surface area contributed by atoms with E-state index < -0.39 is 0 Å². The lowest BCUT2D eigenvalue weighted by atomic mass is 10.1. The number of methoxy groups -OCH3 is 1. The molecule has 7 nitrogen and oxygen atoms in total. The molecule has 0 saturated carbocycles. The Labute approximate surface area is 145 Å². The highest BCUT2D eigenvalue weighted by Crippen LogP contribution is 2.18. The second-order valence-corrected chi connectivity index (χ2v) is 6.35. The van der Waals surface area contributed by atoms with Gasteiger partial charge in [0.05, 0.1) is 23.8 Å². The van der Waals surface area contributed by atoms with Crippen LogP contribution in [0.1, 0.15) is 35.9 Å². The number of hydrogen-bond acceptors (Lipinski definition) is 5. The van der Waals surface area contributed by atoms with Gasteiger partial charge in [0.15, 0.2) is 0 Å². The zero-order chi connectivity index (χ0) is 17.8. The van der Waals surface area contributed by atoms with Crippen molar-refractivity contribution in [1.82, 2.24) is 20.4 Å². The summed E-state index contributed by atoms with van der Waals surface area (Å²) in [6.45, 7) is 4.64. The number of benzene rings is 1. The number of carbonyl (C=O) groups is 1. The number of nitrogens with zero attached hydrogens (tertiary/aromatic N) is 2. The highest BCUT2D eigenvalue weighted by Gasteiger charge is 2.13. The molecule has 3 rings (SSSR count). The van der Waals surface area contributed by atoms with E-state index in [1.54, 1.807) is 13.2 Å². The second-order valence-electron chi connectivity index (χ2n) is 6.35. The molecule has 0 bridgehead atoms. The Morgan fingerprint density at radius 2 is 2.20 bits per heavy atom. The molecule has 2 aromatic heterocycles. The van der Waals surface area contributed by atoms with Gasteiger partial charge in [-0.05, 0) is 24.5 Å². The van der Waals surface area contributed by atoms with E-state index >= 15 is 0 Å². The molecule has 1 amide bonds. The molecule has 0 saturated heterocycles. The fourth-order valence-corrected chi connectivity index (χ4v) is 2.60. The summed E-state index contributed by atoms with van der Waals surface area (Å²) in [6.07, 6.45) is 1.38. The van der Waals surface area contributed by atoms with E-state index in [1.165, 1.54) is 0 Å². The Morgan fingerprint density at radius 1 is 1.36 bits per heavy atom. The number of H-pyrrole nitrogens is 1. The van der Waals surface area contributed by atoms with Crippen LogP contribution < -0.4 is 10.1 Å². The summed E-state index contributed by atoms with van der Waals surface area (Å²) >= 11 is 0. The summed E-state index contributed by atoms with van der Waals surface area (Å²) in [4.78, 5) is 19.8. The van der Waals surface area contributed by atoms with Gasteiger partial charge in [-0.25, -0.2) is 4.98 Å². The molecule has 0 aliphatic carbocycles. The fourth-order valence-electron chi connectivity index (χ4n) is 2.60. The summed E-state index contributed by atoms with van der Waals surface area (Å²) in [5.74, 6) is 2.03. The lowest BCUT2D eigenvalue weighted by molar-refractivity contribution is 0.0917. The van der Waals surface area contributed by atoms with Crippen molar-refractivity contribution in [3.63, 3.8) is 0 Å². The zero-order valence-corrected chi connectivity index (χ0v) is 14.6. The number of nitrogens with one attached hydrogen (secondary N) is 2. The molecule has 0 radical (unpaired) electrons. The van der Waals surface area contributed by atoms with Crippen LogP contribution in [-0.4, -0.2) is 34.7 Å². The number of imidazole rings is 1. The maximum absolute atomic E-state index is 12.1. The Balaban J connectivity index is 1.55. The molecular formula is C18H22N4O3. The second kappa shape index (κ2) is 7.38. The molecule has 2 N–H and O–H groups in total. The van der Waals surface area contributed by atoms with Crippen molar-refractivity contribution in [2.45, 2.75) is 26.7 Å². The predicted molar refractivity (Wildman–Crippen MR) is 93.7 cm³/mol. The van der Waals surface area contributed by atoms with Gasteiger partial charge in [0, 0.05) is 25.1 Å². The molecule has 1 aromatic carbocycles. The average molecular weight is 342 g/mol. The van der Waals surface area contributed by atoms with Crippen molar-refractivity contribution >= 4 is 16.9 Å². The number of carbonyl (C=O) groups excluding carboxylic acids is 1. The minimum absolute atomic E-state index is 0.241. The Morgan fingerprint density at radius 3 is 2.96 bits per heavy atom. The molecule has 7 heteroatoms. The van der Waals surface area contributed by atoms with E-state index in [4.69, 9.17) is 9.26 Å². The third kappa shape index (κ3) is 4.17. The first-order chi connectivity index (χ1) is 12.0. The van der Waals surface area contributed by atoms with Gasteiger partial charge >= 0.3 is 0 Å². The average Bonchev–Trinajstić information content (AvgIpc) is 3.19. The summed E-state index contributed by atoms with van der Waals surface area (Å²) < 4.78 is 10.3. The van der Waals surface area contributed by atoms with Crippen LogP contribution in [0.2, 0.25) is 0 Å². The lowest BCUT2D eigenvalue weighted by Gasteiger charge is -2.00. The van der Waals surface area contributed by atoms with Crippen LogP contribution in [0, 0.1) is 5.92 Å². The number of amides is 1. The normalized spacial score (nSPS) is 11.2. The number of fused-ring (bicyclic) bond motifs is 1. The number of rotatable bonds is 7. The van der Waals surface area contributed by atoms with Gasteiger partial charge in [-0.1, -0.05) is 19.0 Å². The van der Waals surface area contributed by atoms with Crippen molar-refractivity contribution in [3.05, 3.63) is 41.5 Å². The minimum Gasteiger partial charge on any atom is -0.497 e. The Bertz CT molecular complexity index is 866. The third-order valence-electron chi connectivity index (χ3n) is 3.79. The standard InChI is InChI=1S/C18H22N4O3/c1-11(2)8-12-9-16(25-22-12)18(23)19-7-6-17-20-14-5-4-13(24-3)10-15(14)21-17/h4-5,9-11H,6-8H2,1-3H3,(H,19,23)(H,20,21). The molecule has 0 spiro atoms. The number of ether oxygens (including phenoxy) is 1. The van der Waals surface area contributed by atoms with Crippen molar-refractivity contribution in [3.8, 4) is 5.75 Å². The van der Waals surface area contributed by atoms with Crippen LogP contribution in [0.25, 0.3) is 11.0 Å². The topological polar surface area (TPSA) is 93.0 Å². The molecule has 2 heterocycles. The number of aromatic nitrogens is 3. The van der Waals surface area contributed by atoms with Crippen molar-refractivity contribution in [2.24, 2.45) is 5.92 Å². The van der Waals surface area contributed by atoms with Gasteiger partial charge in [-0.2, -0.15) is 0 Å². The molecular weight excluding hydrogens is 320 g/mol. The number of aromatic amines is 1. The summed E-state index contributed by atoms with van der Waals surface area (Å²) in [5.41, 5.74) is 2.58. The molecule has 132 valence electrons. The third-order valence-corrected chi connectivity index (χ3v) is 3.79. The van der Waals surface area contributed by atoms with Crippen LogP contribution >= 0.6 is 0 Å². The SMILES string of the molecule is COc1ccc2nc(CCNC(=O)c3cc(CC(C)C)no3)[nH]c2c1. The smallest absolute Gasteiger partial charge is 0.289 e. The largest absolute Gasteiger partial charge is 0.497 e. The fraction of sp³-hybridized carbons (Fsp3) is 0.389. The van der Waals surface area contributed by atoms with E-state index in [-0.39, 0.29) is 11.7 Å². The molecule has 25 heavy (non-hydrogen) atoms. The van der Waals surface area contributed by atoms with Gasteiger partial charge in [-0.3, -0.25) is 4.79 Å². The van der Waals surface area contributed by atoms with E-state index in [0.29, 0.717) is 18.9 Å². The predicted octanol–water partition coefficient (Wildman–Crippen LogP) is 2.73. The molecule has 0 atom stereocenters. The van der Waals surface area contributed by atoms with Gasteiger partial charge in [0.2, 0.25) is 5.76 Å². The molecule has 3 aromatic rings. The van der Waals surface area contributed by atoms with Crippen molar-refractivity contribution in [2.75, 3.05) is 13.7 Å². The monoisotopic (exact) mass is 342 g/mol.